The van der Waals surface area contributed by atoms with Gasteiger partial charge in [-0.25, -0.2) is 4.98 Å². The number of anilines is 1. The zero-order chi connectivity index (χ0) is 11.5. The second-order valence-corrected chi connectivity index (χ2v) is 5.62. The molecule has 86 valence electrons. The summed E-state index contributed by atoms with van der Waals surface area (Å²) in [5.74, 6) is 0.861. The van der Waals surface area contributed by atoms with Crippen LogP contribution in [0.2, 0.25) is 0 Å². The predicted octanol–water partition coefficient (Wildman–Crippen LogP) is 3.16. The SMILES string of the molecule is O=CC1CCCCN1c1ncc(Br)cc1Br. The van der Waals surface area contributed by atoms with E-state index in [-0.39, 0.29) is 6.04 Å². The molecule has 0 N–H and O–H groups in total. The number of aldehydes is 1. The molecule has 0 bridgehead atoms. The maximum Gasteiger partial charge on any atom is 0.143 e. The highest BCUT2D eigenvalue weighted by molar-refractivity contribution is 9.11. The maximum absolute atomic E-state index is 11.0. The summed E-state index contributed by atoms with van der Waals surface area (Å²) in [5.41, 5.74) is 0. The Labute approximate surface area is 111 Å². The van der Waals surface area contributed by atoms with Gasteiger partial charge in [0.25, 0.3) is 0 Å². The minimum atomic E-state index is -0.0290. The smallest absolute Gasteiger partial charge is 0.143 e. The lowest BCUT2D eigenvalue weighted by Crippen LogP contribution is -2.41. The monoisotopic (exact) mass is 346 g/mol. The average molecular weight is 348 g/mol. The number of aromatic nitrogens is 1. The first kappa shape index (κ1) is 12.0. The third-order valence-electron chi connectivity index (χ3n) is 2.77. The van der Waals surface area contributed by atoms with Gasteiger partial charge in [-0.2, -0.15) is 0 Å². The van der Waals surface area contributed by atoms with Crippen molar-refractivity contribution in [2.75, 3.05) is 11.4 Å². The van der Waals surface area contributed by atoms with Crippen LogP contribution < -0.4 is 4.90 Å². The molecule has 1 atom stereocenters. The van der Waals surface area contributed by atoms with Gasteiger partial charge in [-0.05, 0) is 57.2 Å². The van der Waals surface area contributed by atoms with Crippen molar-refractivity contribution >= 4 is 44.0 Å². The molecule has 0 aromatic carbocycles. The van der Waals surface area contributed by atoms with Crippen molar-refractivity contribution in [3.8, 4) is 0 Å². The Hall–Kier alpha value is -0.420. The lowest BCUT2D eigenvalue weighted by atomic mass is 10.0. The number of carbonyl (C=O) groups is 1. The van der Waals surface area contributed by atoms with Crippen molar-refractivity contribution in [1.29, 1.82) is 0 Å². The van der Waals surface area contributed by atoms with Gasteiger partial charge in [-0.1, -0.05) is 0 Å². The first-order chi connectivity index (χ1) is 7.72. The van der Waals surface area contributed by atoms with Crippen molar-refractivity contribution in [1.82, 2.24) is 4.98 Å². The largest absolute Gasteiger partial charge is 0.346 e. The molecule has 1 fully saturated rings. The van der Waals surface area contributed by atoms with Crippen LogP contribution in [0.1, 0.15) is 19.3 Å². The van der Waals surface area contributed by atoms with Crippen molar-refractivity contribution in [3.05, 3.63) is 21.2 Å². The summed E-state index contributed by atoms with van der Waals surface area (Å²) in [4.78, 5) is 17.5. The molecule has 16 heavy (non-hydrogen) atoms. The van der Waals surface area contributed by atoms with Gasteiger partial charge in [0, 0.05) is 17.2 Å². The molecule has 0 spiro atoms. The molecule has 2 heterocycles. The van der Waals surface area contributed by atoms with Crippen LogP contribution in [-0.4, -0.2) is 23.9 Å². The molecular formula is C11H12Br2N2O. The molecule has 1 aromatic rings. The number of pyridine rings is 1. The van der Waals surface area contributed by atoms with Gasteiger partial charge in [0.1, 0.15) is 12.1 Å². The fourth-order valence-corrected chi connectivity index (χ4v) is 3.20. The summed E-state index contributed by atoms with van der Waals surface area (Å²) in [6, 6.07) is 1.93. The van der Waals surface area contributed by atoms with Crippen LogP contribution in [0.3, 0.4) is 0 Å². The fourth-order valence-electron chi connectivity index (χ4n) is 1.98. The van der Waals surface area contributed by atoms with Crippen LogP contribution >= 0.6 is 31.9 Å². The summed E-state index contributed by atoms with van der Waals surface area (Å²) >= 11 is 6.86. The van der Waals surface area contributed by atoms with Crippen LogP contribution in [0.5, 0.6) is 0 Å². The van der Waals surface area contributed by atoms with Crippen LogP contribution in [0.25, 0.3) is 0 Å². The molecule has 5 heteroatoms. The van der Waals surface area contributed by atoms with Crippen molar-refractivity contribution < 1.29 is 4.79 Å². The van der Waals surface area contributed by atoms with E-state index in [0.29, 0.717) is 0 Å². The molecule has 0 saturated carbocycles. The molecule has 2 rings (SSSR count). The minimum absolute atomic E-state index is 0.0290. The van der Waals surface area contributed by atoms with Gasteiger partial charge >= 0.3 is 0 Å². The fraction of sp³-hybridized carbons (Fsp3) is 0.455. The molecule has 1 aromatic heterocycles. The molecule has 0 aliphatic carbocycles. The van der Waals surface area contributed by atoms with Gasteiger partial charge < -0.3 is 9.69 Å². The van der Waals surface area contributed by atoms with E-state index in [1.807, 2.05) is 6.07 Å². The Bertz CT molecular complexity index is 398. The Balaban J connectivity index is 2.30. The van der Waals surface area contributed by atoms with E-state index in [9.17, 15) is 4.79 Å². The number of rotatable bonds is 2. The number of nitrogens with zero attached hydrogens (tertiary/aromatic N) is 2. The van der Waals surface area contributed by atoms with E-state index in [1.165, 1.54) is 0 Å². The van der Waals surface area contributed by atoms with E-state index in [4.69, 9.17) is 0 Å². The molecule has 1 saturated heterocycles. The number of hydrogen-bond donors (Lipinski definition) is 0. The lowest BCUT2D eigenvalue weighted by Gasteiger charge is -2.33. The van der Waals surface area contributed by atoms with Gasteiger partial charge in [-0.3, -0.25) is 0 Å². The van der Waals surface area contributed by atoms with Gasteiger partial charge in [0.15, 0.2) is 0 Å². The highest BCUT2D eigenvalue weighted by Gasteiger charge is 2.24. The van der Waals surface area contributed by atoms with Crippen molar-refractivity contribution in [2.45, 2.75) is 25.3 Å². The summed E-state index contributed by atoms with van der Waals surface area (Å²) < 4.78 is 1.86. The van der Waals surface area contributed by atoms with E-state index < -0.39 is 0 Å². The first-order valence-electron chi connectivity index (χ1n) is 5.25. The average Bonchev–Trinajstić information content (AvgIpc) is 2.29. The highest BCUT2D eigenvalue weighted by Crippen LogP contribution is 2.30. The normalized spacial score (nSPS) is 20.9. The second-order valence-electron chi connectivity index (χ2n) is 3.85. The van der Waals surface area contributed by atoms with Crippen LogP contribution in [0.4, 0.5) is 5.82 Å². The Morgan fingerprint density at radius 1 is 1.44 bits per heavy atom. The van der Waals surface area contributed by atoms with E-state index in [0.717, 1.165) is 46.9 Å². The zero-order valence-electron chi connectivity index (χ0n) is 8.70. The lowest BCUT2D eigenvalue weighted by molar-refractivity contribution is -0.109. The second kappa shape index (κ2) is 5.27. The number of halogens is 2. The van der Waals surface area contributed by atoms with E-state index in [2.05, 4.69) is 41.7 Å². The molecule has 1 aliphatic heterocycles. The van der Waals surface area contributed by atoms with Gasteiger partial charge in [0.05, 0.1) is 10.5 Å². The standard InChI is InChI=1S/C11H12Br2N2O/c12-8-5-10(13)11(14-6-8)15-4-2-1-3-9(15)7-16/h5-7,9H,1-4H2. The minimum Gasteiger partial charge on any atom is -0.346 e. The molecule has 0 amide bonds. The quantitative estimate of drug-likeness (QED) is 0.770. The van der Waals surface area contributed by atoms with E-state index >= 15 is 0 Å². The zero-order valence-corrected chi connectivity index (χ0v) is 11.9. The van der Waals surface area contributed by atoms with Crippen molar-refractivity contribution in [3.63, 3.8) is 0 Å². The maximum atomic E-state index is 11.0. The van der Waals surface area contributed by atoms with Crippen LogP contribution in [0.15, 0.2) is 21.2 Å². The van der Waals surface area contributed by atoms with Gasteiger partial charge in [0.2, 0.25) is 0 Å². The number of hydrogen-bond acceptors (Lipinski definition) is 3. The summed E-state index contributed by atoms with van der Waals surface area (Å²) in [7, 11) is 0. The molecule has 3 nitrogen and oxygen atoms in total. The number of piperidine rings is 1. The molecular weight excluding hydrogens is 336 g/mol. The highest BCUT2D eigenvalue weighted by atomic mass is 79.9. The Kier molecular flexibility index (Phi) is 3.97. The summed E-state index contributed by atoms with van der Waals surface area (Å²) in [5, 5.41) is 0. The van der Waals surface area contributed by atoms with Crippen molar-refractivity contribution in [2.24, 2.45) is 0 Å². The third-order valence-corrected chi connectivity index (χ3v) is 3.78. The molecule has 1 aliphatic rings. The van der Waals surface area contributed by atoms with Crippen LogP contribution in [0, 0.1) is 0 Å². The first-order valence-corrected chi connectivity index (χ1v) is 6.84. The third kappa shape index (κ3) is 2.46. The number of carbonyl (C=O) groups excluding carboxylic acids is 1. The summed E-state index contributed by atoms with van der Waals surface area (Å²) in [6.45, 7) is 0.899. The van der Waals surface area contributed by atoms with E-state index in [1.54, 1.807) is 6.20 Å². The Morgan fingerprint density at radius 3 is 2.94 bits per heavy atom. The summed E-state index contributed by atoms with van der Waals surface area (Å²) in [6.07, 6.45) is 5.95. The topological polar surface area (TPSA) is 33.2 Å². The molecule has 1 unspecified atom stereocenters. The molecule has 0 radical (unpaired) electrons. The Morgan fingerprint density at radius 2 is 2.25 bits per heavy atom. The van der Waals surface area contributed by atoms with Crippen LogP contribution in [-0.2, 0) is 4.79 Å². The predicted molar refractivity (Wildman–Crippen MR) is 70.7 cm³/mol. The van der Waals surface area contributed by atoms with Gasteiger partial charge in [-0.15, -0.1) is 0 Å².